The summed E-state index contributed by atoms with van der Waals surface area (Å²) in [7, 11) is 0. The quantitative estimate of drug-likeness (QED) is 0.842. The Kier molecular flexibility index (Phi) is 4.88. The third-order valence-electron chi connectivity index (χ3n) is 3.21. The van der Waals surface area contributed by atoms with Crippen LogP contribution in [0.5, 0.6) is 0 Å². The molecule has 1 fully saturated rings. The Morgan fingerprint density at radius 1 is 1.67 bits per heavy atom. The predicted molar refractivity (Wildman–Crippen MR) is 76.6 cm³/mol. The normalized spacial score (nSPS) is 23.2. The molecular formula is C12H18N2O2S2. The molecule has 1 aromatic heterocycles. The number of hydrogen-bond donors (Lipinski definition) is 2. The summed E-state index contributed by atoms with van der Waals surface area (Å²) in [5.41, 5.74) is 0.878. The maximum Gasteiger partial charge on any atom is 0.303 e. The van der Waals surface area contributed by atoms with Gasteiger partial charge < -0.3 is 10.4 Å². The van der Waals surface area contributed by atoms with E-state index >= 15 is 0 Å². The molecule has 0 amide bonds. The van der Waals surface area contributed by atoms with Crippen molar-refractivity contribution in [2.24, 2.45) is 0 Å². The zero-order valence-corrected chi connectivity index (χ0v) is 12.0. The van der Waals surface area contributed by atoms with Crippen LogP contribution in [0.2, 0.25) is 0 Å². The van der Waals surface area contributed by atoms with Gasteiger partial charge in [0.05, 0.1) is 12.1 Å². The van der Waals surface area contributed by atoms with Crippen molar-refractivity contribution in [1.82, 2.24) is 4.98 Å². The third kappa shape index (κ3) is 3.62. The lowest BCUT2D eigenvalue weighted by Gasteiger charge is -2.18. The van der Waals surface area contributed by atoms with Crippen molar-refractivity contribution in [3.8, 4) is 0 Å². The maximum atomic E-state index is 10.5. The van der Waals surface area contributed by atoms with Crippen LogP contribution in [0.15, 0.2) is 5.38 Å². The van der Waals surface area contributed by atoms with E-state index in [1.165, 1.54) is 19.3 Å². The number of carboxylic acid groups (broad SMARTS) is 1. The van der Waals surface area contributed by atoms with Gasteiger partial charge in [0.1, 0.15) is 0 Å². The highest BCUT2D eigenvalue weighted by molar-refractivity contribution is 7.99. The van der Waals surface area contributed by atoms with Gasteiger partial charge in [-0.1, -0.05) is 6.42 Å². The highest BCUT2D eigenvalue weighted by atomic mass is 32.2. The molecule has 0 radical (unpaired) electrons. The molecule has 1 saturated carbocycles. The lowest BCUT2D eigenvalue weighted by atomic mass is 10.2. The molecule has 2 rings (SSSR count). The van der Waals surface area contributed by atoms with Gasteiger partial charge in [-0.25, -0.2) is 4.98 Å². The highest BCUT2D eigenvalue weighted by Gasteiger charge is 2.26. The van der Waals surface area contributed by atoms with Gasteiger partial charge in [0, 0.05) is 23.1 Å². The summed E-state index contributed by atoms with van der Waals surface area (Å²) in [6.45, 7) is 0. The number of aryl methyl sites for hydroxylation is 1. The Morgan fingerprint density at radius 2 is 2.50 bits per heavy atom. The summed E-state index contributed by atoms with van der Waals surface area (Å²) in [6.07, 6.45) is 6.58. The van der Waals surface area contributed by atoms with Gasteiger partial charge in [0.15, 0.2) is 5.13 Å². The number of carboxylic acids is 1. The molecule has 6 heteroatoms. The number of thiazole rings is 1. The molecule has 0 aliphatic heterocycles. The third-order valence-corrected chi connectivity index (χ3v) is 5.20. The molecule has 0 saturated heterocycles. The fraction of sp³-hybridized carbons (Fsp3) is 0.667. The highest BCUT2D eigenvalue weighted by Crippen LogP contribution is 2.31. The smallest absolute Gasteiger partial charge is 0.303 e. The minimum absolute atomic E-state index is 0.153. The van der Waals surface area contributed by atoms with E-state index in [-0.39, 0.29) is 6.42 Å². The number of nitrogens with zero attached hydrogens (tertiary/aromatic N) is 1. The molecule has 100 valence electrons. The minimum atomic E-state index is -0.768. The summed E-state index contributed by atoms with van der Waals surface area (Å²) in [5, 5.41) is 15.7. The first-order valence-corrected chi connectivity index (χ1v) is 8.31. The topological polar surface area (TPSA) is 62.2 Å². The molecule has 0 aromatic carbocycles. The number of nitrogens with one attached hydrogen (secondary N) is 1. The summed E-state index contributed by atoms with van der Waals surface area (Å²) in [6, 6.07) is 0.512. The van der Waals surface area contributed by atoms with Crippen molar-refractivity contribution in [3.63, 3.8) is 0 Å². The first kappa shape index (κ1) is 13.7. The summed E-state index contributed by atoms with van der Waals surface area (Å²) < 4.78 is 0. The molecular weight excluding hydrogens is 268 g/mol. The molecule has 0 bridgehead atoms. The molecule has 1 aliphatic rings. The molecule has 18 heavy (non-hydrogen) atoms. The van der Waals surface area contributed by atoms with Crippen LogP contribution in [0.1, 0.15) is 31.4 Å². The lowest BCUT2D eigenvalue weighted by Crippen LogP contribution is -2.25. The second-order valence-electron chi connectivity index (χ2n) is 4.49. The summed E-state index contributed by atoms with van der Waals surface area (Å²) in [5.74, 6) is -0.768. The number of anilines is 1. The Hall–Kier alpha value is -0.750. The molecule has 2 unspecified atom stereocenters. The zero-order chi connectivity index (χ0) is 13.0. The molecule has 2 atom stereocenters. The second-order valence-corrected chi connectivity index (χ2v) is 6.43. The number of hydrogen-bond acceptors (Lipinski definition) is 5. The van der Waals surface area contributed by atoms with Gasteiger partial charge in [-0.2, -0.15) is 11.8 Å². The van der Waals surface area contributed by atoms with Gasteiger partial charge in [-0.05, 0) is 19.1 Å². The van der Waals surface area contributed by atoms with E-state index in [9.17, 15) is 4.79 Å². The first-order valence-electron chi connectivity index (χ1n) is 6.14. The molecule has 4 nitrogen and oxygen atoms in total. The maximum absolute atomic E-state index is 10.5. The summed E-state index contributed by atoms with van der Waals surface area (Å²) >= 11 is 3.49. The van der Waals surface area contributed by atoms with E-state index in [1.807, 2.05) is 17.1 Å². The van der Waals surface area contributed by atoms with Crippen molar-refractivity contribution in [2.45, 2.75) is 43.4 Å². The van der Waals surface area contributed by atoms with E-state index in [4.69, 9.17) is 5.11 Å². The number of rotatable bonds is 6. The fourth-order valence-corrected chi connectivity index (χ4v) is 4.00. The van der Waals surface area contributed by atoms with Gasteiger partial charge in [-0.15, -0.1) is 11.3 Å². The van der Waals surface area contributed by atoms with Crippen LogP contribution < -0.4 is 5.32 Å². The Morgan fingerprint density at radius 3 is 3.22 bits per heavy atom. The van der Waals surface area contributed by atoms with Crippen LogP contribution >= 0.6 is 23.1 Å². The molecule has 0 spiro atoms. The van der Waals surface area contributed by atoms with Crippen LogP contribution in [0.4, 0.5) is 5.13 Å². The zero-order valence-electron chi connectivity index (χ0n) is 10.4. The lowest BCUT2D eigenvalue weighted by molar-refractivity contribution is -0.136. The van der Waals surface area contributed by atoms with Gasteiger partial charge in [0.25, 0.3) is 0 Å². The Bertz CT molecular complexity index is 409. The largest absolute Gasteiger partial charge is 0.481 e. The van der Waals surface area contributed by atoms with Crippen molar-refractivity contribution < 1.29 is 9.90 Å². The number of thioether (sulfide) groups is 1. The number of aliphatic carboxylic acids is 1. The number of aromatic nitrogens is 1. The standard InChI is InChI=1S/C12H18N2O2S2/c1-17-10-4-2-3-9(10)14-12-13-8(7-18-12)5-6-11(15)16/h7,9-10H,2-6H2,1H3,(H,13,14)(H,15,16). The van der Waals surface area contributed by atoms with E-state index in [0.29, 0.717) is 17.7 Å². The Labute approximate surface area is 115 Å². The average Bonchev–Trinajstić information content (AvgIpc) is 2.96. The predicted octanol–water partition coefficient (Wildman–Crippen LogP) is 2.86. The van der Waals surface area contributed by atoms with E-state index in [2.05, 4.69) is 16.6 Å². The average molecular weight is 286 g/mol. The molecule has 1 aromatic rings. The summed E-state index contributed by atoms with van der Waals surface area (Å²) in [4.78, 5) is 14.9. The minimum Gasteiger partial charge on any atom is -0.481 e. The van der Waals surface area contributed by atoms with Crippen LogP contribution in [-0.2, 0) is 11.2 Å². The first-order chi connectivity index (χ1) is 8.69. The van der Waals surface area contributed by atoms with E-state index < -0.39 is 5.97 Å². The molecule has 1 aliphatic carbocycles. The van der Waals surface area contributed by atoms with E-state index in [1.54, 1.807) is 11.3 Å². The number of carbonyl (C=O) groups is 1. The van der Waals surface area contributed by atoms with Crippen LogP contribution in [0, 0.1) is 0 Å². The van der Waals surface area contributed by atoms with Gasteiger partial charge >= 0.3 is 5.97 Å². The van der Waals surface area contributed by atoms with Crippen LogP contribution in [0.3, 0.4) is 0 Å². The SMILES string of the molecule is CSC1CCCC1Nc1nc(CCC(=O)O)cs1. The molecule has 2 N–H and O–H groups in total. The second kappa shape index (κ2) is 6.43. The monoisotopic (exact) mass is 286 g/mol. The van der Waals surface area contributed by atoms with Crippen molar-refractivity contribution >= 4 is 34.2 Å². The van der Waals surface area contributed by atoms with Crippen LogP contribution in [-0.4, -0.2) is 33.6 Å². The van der Waals surface area contributed by atoms with Gasteiger partial charge in [-0.3, -0.25) is 4.79 Å². The van der Waals surface area contributed by atoms with E-state index in [0.717, 1.165) is 10.8 Å². The molecule has 1 heterocycles. The fourth-order valence-electron chi connectivity index (χ4n) is 2.25. The van der Waals surface area contributed by atoms with Crippen LogP contribution in [0.25, 0.3) is 0 Å². The van der Waals surface area contributed by atoms with Crippen molar-refractivity contribution in [1.29, 1.82) is 0 Å². The van der Waals surface area contributed by atoms with Crippen molar-refractivity contribution in [2.75, 3.05) is 11.6 Å². The van der Waals surface area contributed by atoms with Gasteiger partial charge in [0.2, 0.25) is 0 Å². The van der Waals surface area contributed by atoms with Crippen molar-refractivity contribution in [3.05, 3.63) is 11.1 Å². The Balaban J connectivity index is 1.88.